The van der Waals surface area contributed by atoms with Crippen LogP contribution in [-0.4, -0.2) is 29.0 Å². The van der Waals surface area contributed by atoms with Crippen LogP contribution in [0.4, 0.5) is 14.9 Å². The number of hydrogen-bond acceptors (Lipinski definition) is 2. The minimum absolute atomic E-state index is 0.192. The first-order valence-electron chi connectivity index (χ1n) is 6.80. The summed E-state index contributed by atoms with van der Waals surface area (Å²) in [5.74, 6) is 0.787. The first kappa shape index (κ1) is 12.4. The molecule has 0 aliphatic heterocycles. The highest BCUT2D eigenvalue weighted by molar-refractivity contribution is 5.89. The highest BCUT2D eigenvalue weighted by atomic mass is 19.1. The normalized spacial score (nSPS) is 18.5. The Kier molecular flexibility index (Phi) is 3.12. The lowest BCUT2D eigenvalue weighted by Gasteiger charge is -2.28. The summed E-state index contributed by atoms with van der Waals surface area (Å²) in [6.07, 6.45) is 7.42. The number of carbonyl (C=O) groups excluding carboxylic acids is 1. The number of halogens is 1. The molecule has 1 aromatic rings. The Bertz CT molecular complexity index is 473. The number of amides is 2. The maximum Gasteiger partial charge on any atom is 0.321 e. The molecule has 0 radical (unpaired) electrons. The predicted octanol–water partition coefficient (Wildman–Crippen LogP) is 2.87. The van der Waals surface area contributed by atoms with Crippen molar-refractivity contribution in [2.45, 2.75) is 31.7 Å². The van der Waals surface area contributed by atoms with Gasteiger partial charge in [0, 0.05) is 19.3 Å². The number of rotatable bonds is 4. The van der Waals surface area contributed by atoms with E-state index in [9.17, 15) is 9.18 Å². The highest BCUT2D eigenvalue weighted by Gasteiger charge is 2.45. The van der Waals surface area contributed by atoms with Crippen LogP contribution in [0.1, 0.15) is 25.7 Å². The lowest BCUT2D eigenvalue weighted by molar-refractivity contribution is 0.187. The third kappa shape index (κ3) is 2.69. The van der Waals surface area contributed by atoms with Crippen LogP contribution >= 0.6 is 0 Å². The Morgan fingerprint density at radius 1 is 1.42 bits per heavy atom. The lowest BCUT2D eigenvalue weighted by Crippen LogP contribution is -2.42. The summed E-state index contributed by atoms with van der Waals surface area (Å²) >= 11 is 0. The molecule has 19 heavy (non-hydrogen) atoms. The average molecular weight is 263 g/mol. The van der Waals surface area contributed by atoms with Gasteiger partial charge in [0.25, 0.3) is 0 Å². The van der Waals surface area contributed by atoms with Gasteiger partial charge in [-0.25, -0.2) is 9.18 Å². The highest BCUT2D eigenvalue weighted by Crippen LogP contribution is 2.46. The first-order valence-corrected chi connectivity index (χ1v) is 6.80. The number of carbonyl (C=O) groups is 1. The van der Waals surface area contributed by atoms with Crippen molar-refractivity contribution in [3.63, 3.8) is 0 Å². The molecule has 1 heterocycles. The topological polar surface area (TPSA) is 45.2 Å². The fourth-order valence-corrected chi connectivity index (χ4v) is 2.71. The molecule has 0 bridgehead atoms. The largest absolute Gasteiger partial charge is 0.324 e. The molecule has 2 aliphatic rings. The molecule has 1 N–H and O–H groups in total. The van der Waals surface area contributed by atoms with Gasteiger partial charge in [0.2, 0.25) is 0 Å². The Morgan fingerprint density at radius 3 is 2.58 bits per heavy atom. The third-order valence-corrected chi connectivity index (χ3v) is 3.99. The van der Waals surface area contributed by atoms with Crippen LogP contribution < -0.4 is 5.32 Å². The maximum atomic E-state index is 13.5. The van der Waals surface area contributed by atoms with Crippen molar-refractivity contribution in [3.05, 3.63) is 24.3 Å². The number of aromatic nitrogens is 1. The van der Waals surface area contributed by atoms with Gasteiger partial charge in [0.05, 0.1) is 11.9 Å². The van der Waals surface area contributed by atoms with Crippen LogP contribution in [0.25, 0.3) is 0 Å². The van der Waals surface area contributed by atoms with E-state index < -0.39 is 5.82 Å². The number of pyridine rings is 1. The zero-order valence-corrected chi connectivity index (χ0v) is 11.0. The molecule has 0 unspecified atom stereocenters. The number of anilines is 1. The Balaban J connectivity index is 1.67. The molecule has 4 nitrogen and oxygen atoms in total. The van der Waals surface area contributed by atoms with E-state index in [0.29, 0.717) is 17.9 Å². The Labute approximate surface area is 112 Å². The van der Waals surface area contributed by atoms with E-state index in [-0.39, 0.29) is 11.7 Å². The van der Waals surface area contributed by atoms with Crippen LogP contribution in [0.5, 0.6) is 0 Å². The van der Waals surface area contributed by atoms with E-state index >= 15 is 0 Å². The second-order valence-electron chi connectivity index (χ2n) is 5.56. The van der Waals surface area contributed by atoms with E-state index in [1.165, 1.54) is 37.9 Å². The van der Waals surface area contributed by atoms with Gasteiger partial charge in [-0.1, -0.05) is 0 Å². The summed E-state index contributed by atoms with van der Waals surface area (Å²) in [7, 11) is 1.82. The van der Waals surface area contributed by atoms with Crippen LogP contribution in [0, 0.1) is 17.7 Å². The van der Waals surface area contributed by atoms with E-state index in [2.05, 4.69) is 10.3 Å². The molecule has 0 atom stereocenters. The summed E-state index contributed by atoms with van der Waals surface area (Å²) < 4.78 is 13.5. The molecule has 1 aromatic heterocycles. The van der Waals surface area contributed by atoms with Gasteiger partial charge in [0.1, 0.15) is 0 Å². The zero-order valence-electron chi connectivity index (χ0n) is 11.0. The van der Waals surface area contributed by atoms with E-state index in [4.69, 9.17) is 0 Å². The standard InChI is InChI=1S/C14H18FN3O/c1-18(13(9-2-3-9)10-4-5-10)14(19)17-12-6-7-16-8-11(12)15/h6-10,13H,2-5H2,1H3,(H,16,17,19). The van der Waals surface area contributed by atoms with Gasteiger partial charge in [-0.15, -0.1) is 0 Å². The molecular weight excluding hydrogens is 245 g/mol. The minimum atomic E-state index is -0.501. The Morgan fingerprint density at radius 2 is 2.05 bits per heavy atom. The fourth-order valence-electron chi connectivity index (χ4n) is 2.71. The van der Waals surface area contributed by atoms with Crippen molar-refractivity contribution in [2.24, 2.45) is 11.8 Å². The van der Waals surface area contributed by atoms with Crippen LogP contribution in [0.3, 0.4) is 0 Å². The smallest absolute Gasteiger partial charge is 0.321 e. The summed E-state index contributed by atoms with van der Waals surface area (Å²) in [4.78, 5) is 17.6. The van der Waals surface area contributed by atoms with E-state index in [1.54, 1.807) is 4.90 Å². The predicted molar refractivity (Wildman–Crippen MR) is 70.2 cm³/mol. The second-order valence-corrected chi connectivity index (χ2v) is 5.56. The molecule has 2 aliphatic carbocycles. The number of nitrogens with one attached hydrogen (secondary N) is 1. The van der Waals surface area contributed by atoms with Crippen molar-refractivity contribution in [2.75, 3.05) is 12.4 Å². The van der Waals surface area contributed by atoms with Crippen LogP contribution in [0.2, 0.25) is 0 Å². The van der Waals surface area contributed by atoms with Crippen molar-refractivity contribution in [1.82, 2.24) is 9.88 Å². The number of nitrogens with zero attached hydrogens (tertiary/aromatic N) is 2. The van der Waals surface area contributed by atoms with Gasteiger partial charge in [0.15, 0.2) is 5.82 Å². The second kappa shape index (κ2) is 4.79. The fraction of sp³-hybridized carbons (Fsp3) is 0.571. The molecule has 2 fully saturated rings. The molecule has 2 saturated carbocycles. The molecule has 2 amide bonds. The summed E-state index contributed by atoms with van der Waals surface area (Å²) in [6, 6.07) is 1.57. The molecule has 5 heteroatoms. The summed E-state index contributed by atoms with van der Waals surface area (Å²) in [6.45, 7) is 0. The number of urea groups is 1. The lowest BCUT2D eigenvalue weighted by atomic mass is 10.1. The van der Waals surface area contributed by atoms with Gasteiger partial charge in [-0.2, -0.15) is 0 Å². The molecule has 0 spiro atoms. The summed E-state index contributed by atoms with van der Waals surface area (Å²) in [5, 5.41) is 2.63. The van der Waals surface area contributed by atoms with Crippen LogP contribution in [-0.2, 0) is 0 Å². The molecule has 102 valence electrons. The minimum Gasteiger partial charge on any atom is -0.324 e. The maximum absolute atomic E-state index is 13.5. The SMILES string of the molecule is CN(C(=O)Nc1ccncc1F)C(C1CC1)C1CC1. The first-order chi connectivity index (χ1) is 9.16. The Hall–Kier alpha value is -1.65. The molecule has 0 saturated heterocycles. The quantitative estimate of drug-likeness (QED) is 0.907. The van der Waals surface area contributed by atoms with Crippen molar-refractivity contribution in [3.8, 4) is 0 Å². The summed E-state index contributed by atoms with van der Waals surface area (Å²) in [5.41, 5.74) is 0.192. The van der Waals surface area contributed by atoms with Gasteiger partial charge < -0.3 is 10.2 Å². The van der Waals surface area contributed by atoms with Crippen LogP contribution in [0.15, 0.2) is 18.5 Å². The third-order valence-electron chi connectivity index (χ3n) is 3.99. The molecular formula is C14H18FN3O. The van der Waals surface area contributed by atoms with Gasteiger partial charge in [-0.3, -0.25) is 4.98 Å². The van der Waals surface area contributed by atoms with E-state index in [0.717, 1.165) is 6.20 Å². The molecule has 0 aromatic carbocycles. The molecule has 3 rings (SSSR count). The monoisotopic (exact) mass is 263 g/mol. The van der Waals surface area contributed by atoms with Crippen molar-refractivity contribution >= 4 is 11.7 Å². The van der Waals surface area contributed by atoms with Gasteiger partial charge in [-0.05, 0) is 43.6 Å². The van der Waals surface area contributed by atoms with E-state index in [1.807, 2.05) is 7.05 Å². The number of hydrogen-bond donors (Lipinski definition) is 1. The average Bonchev–Trinajstić information content (AvgIpc) is 3.25. The zero-order chi connectivity index (χ0) is 13.4. The van der Waals surface area contributed by atoms with Crippen molar-refractivity contribution < 1.29 is 9.18 Å². The van der Waals surface area contributed by atoms with Crippen molar-refractivity contribution in [1.29, 1.82) is 0 Å². The van der Waals surface area contributed by atoms with Gasteiger partial charge >= 0.3 is 6.03 Å².